The Hall–Kier alpha value is -4.09. The highest BCUT2D eigenvalue weighted by Crippen LogP contribution is 2.32. The molecule has 2 N–H and O–H groups in total. The maximum Gasteiger partial charge on any atom is 0.410 e. The van der Waals surface area contributed by atoms with Crippen molar-refractivity contribution in [1.29, 1.82) is 0 Å². The van der Waals surface area contributed by atoms with Gasteiger partial charge < -0.3 is 19.7 Å². The molecule has 0 aliphatic carbocycles. The van der Waals surface area contributed by atoms with Crippen LogP contribution in [0.25, 0.3) is 27.7 Å². The number of amides is 1. The minimum absolute atomic E-state index is 0.0347. The minimum Gasteiger partial charge on any atom is -0.444 e. The van der Waals surface area contributed by atoms with E-state index in [4.69, 9.17) is 21.3 Å². The number of carbonyl (C=O) groups is 1. The fraction of sp³-hybridized carbons (Fsp3) is 0.364. The summed E-state index contributed by atoms with van der Waals surface area (Å²) in [6, 6.07) is 16.0. The predicted molar refractivity (Wildman–Crippen MR) is 181 cm³/mol. The molecule has 5 aromatic rings. The third-order valence-electron chi connectivity index (χ3n) is 7.64. The number of benzene rings is 2. The number of halogens is 1. The third-order valence-corrected chi connectivity index (χ3v) is 8.95. The number of carbonyl (C=O) groups excluding carboxylic acids is 1. The zero-order chi connectivity index (χ0) is 31.6. The normalized spacial score (nSPS) is 15.7. The Morgan fingerprint density at radius 2 is 1.98 bits per heavy atom. The fourth-order valence-corrected chi connectivity index (χ4v) is 6.43. The van der Waals surface area contributed by atoms with Crippen LogP contribution in [0, 0.1) is 0 Å². The summed E-state index contributed by atoms with van der Waals surface area (Å²) in [4.78, 5) is 29.6. The van der Waals surface area contributed by atoms with Crippen molar-refractivity contribution in [2.75, 3.05) is 23.1 Å². The van der Waals surface area contributed by atoms with Gasteiger partial charge in [-0.05, 0) is 100 Å². The summed E-state index contributed by atoms with van der Waals surface area (Å²) in [5, 5.41) is 9.69. The lowest BCUT2D eigenvalue weighted by Gasteiger charge is -2.28. The fourth-order valence-electron chi connectivity index (χ4n) is 5.50. The van der Waals surface area contributed by atoms with Gasteiger partial charge in [0, 0.05) is 41.2 Å². The van der Waals surface area contributed by atoms with Gasteiger partial charge in [-0.3, -0.25) is 0 Å². The molecule has 12 heteroatoms. The number of ether oxygens (including phenoxy) is 1. The molecule has 10 nitrogen and oxygen atoms in total. The Morgan fingerprint density at radius 1 is 1.13 bits per heavy atom. The Bertz CT molecular complexity index is 1840. The second-order valence-electron chi connectivity index (χ2n) is 12.1. The molecule has 1 unspecified atom stereocenters. The maximum absolute atomic E-state index is 12.8. The zero-order valence-corrected chi connectivity index (χ0v) is 27.5. The van der Waals surface area contributed by atoms with Gasteiger partial charge in [0.1, 0.15) is 17.4 Å². The molecule has 2 aromatic carbocycles. The molecule has 1 amide bonds. The van der Waals surface area contributed by atoms with E-state index >= 15 is 0 Å². The summed E-state index contributed by atoms with van der Waals surface area (Å²) in [6.45, 7) is 9.04. The van der Waals surface area contributed by atoms with Gasteiger partial charge >= 0.3 is 6.09 Å². The Labute approximate surface area is 272 Å². The lowest BCUT2D eigenvalue weighted by atomic mass is 10.0. The molecule has 1 atom stereocenters. The first-order chi connectivity index (χ1) is 21.7. The van der Waals surface area contributed by atoms with Crippen molar-refractivity contribution in [3.05, 3.63) is 71.6 Å². The van der Waals surface area contributed by atoms with E-state index in [9.17, 15) is 4.79 Å². The van der Waals surface area contributed by atoms with Crippen molar-refractivity contribution >= 4 is 57.8 Å². The van der Waals surface area contributed by atoms with Gasteiger partial charge in [0.05, 0.1) is 16.2 Å². The van der Waals surface area contributed by atoms with Crippen molar-refractivity contribution in [2.24, 2.45) is 0 Å². The second-order valence-corrected chi connectivity index (χ2v) is 13.4. The molecule has 1 fully saturated rings. The summed E-state index contributed by atoms with van der Waals surface area (Å²) in [6.07, 6.45) is 6.82. The molecule has 234 valence electrons. The summed E-state index contributed by atoms with van der Waals surface area (Å²) in [7, 11) is 0. The number of nitrogens with one attached hydrogen (secondary N) is 2. The first kappa shape index (κ1) is 30.9. The second kappa shape index (κ2) is 13.1. The van der Waals surface area contributed by atoms with Crippen molar-refractivity contribution < 1.29 is 9.53 Å². The van der Waals surface area contributed by atoms with Gasteiger partial charge in [-0.2, -0.15) is 5.10 Å². The van der Waals surface area contributed by atoms with Crippen molar-refractivity contribution in [2.45, 2.75) is 69.9 Å². The molecule has 1 saturated heterocycles. The first-order valence-electron chi connectivity index (χ1n) is 15.2. The predicted octanol–water partition coefficient (Wildman–Crippen LogP) is 7.88. The van der Waals surface area contributed by atoms with E-state index in [2.05, 4.69) is 50.2 Å². The largest absolute Gasteiger partial charge is 0.444 e. The molecule has 3 aromatic heterocycles. The number of anilines is 2. The summed E-state index contributed by atoms with van der Waals surface area (Å²) in [5.41, 5.74) is 4.30. The third kappa shape index (κ3) is 7.10. The Kier molecular flexibility index (Phi) is 9.00. The van der Waals surface area contributed by atoms with E-state index in [-0.39, 0.29) is 12.1 Å². The van der Waals surface area contributed by atoms with Gasteiger partial charge in [0.25, 0.3) is 0 Å². The van der Waals surface area contributed by atoms with Crippen LogP contribution < -0.4 is 10.0 Å². The lowest BCUT2D eigenvalue weighted by Crippen LogP contribution is -2.42. The number of likely N-dealkylation sites (tertiary alicyclic amines) is 1. The van der Waals surface area contributed by atoms with Gasteiger partial charge in [0.2, 0.25) is 5.95 Å². The van der Waals surface area contributed by atoms with Gasteiger partial charge in [-0.25, -0.2) is 24.3 Å². The molecule has 6 rings (SSSR count). The number of fused-ring (bicyclic) bond motifs is 2. The van der Waals surface area contributed by atoms with Crippen LogP contribution in [0.3, 0.4) is 0 Å². The van der Waals surface area contributed by atoms with Crippen LogP contribution in [0.4, 0.5) is 16.6 Å². The van der Waals surface area contributed by atoms with Crippen LogP contribution in [0.5, 0.6) is 0 Å². The van der Waals surface area contributed by atoms with E-state index in [1.807, 2.05) is 61.8 Å². The molecule has 0 spiro atoms. The number of nitrogens with zero attached hydrogens (tertiary/aromatic N) is 6. The van der Waals surface area contributed by atoms with E-state index in [1.54, 1.807) is 11.2 Å². The SMILES string of the molecule is CCc1cc(-c2ccc3c(NSc4ccccc4Cl)ncnn23)cc2cnc(NC3CCCCN(C(=O)OC(C)(C)C)C3)nc12. The summed E-state index contributed by atoms with van der Waals surface area (Å²) >= 11 is 7.75. The lowest BCUT2D eigenvalue weighted by molar-refractivity contribution is 0.0252. The molecule has 0 saturated carbocycles. The maximum atomic E-state index is 12.8. The highest BCUT2D eigenvalue weighted by Gasteiger charge is 2.27. The zero-order valence-electron chi connectivity index (χ0n) is 25.9. The van der Waals surface area contributed by atoms with Crippen molar-refractivity contribution in [3.63, 3.8) is 0 Å². The van der Waals surface area contributed by atoms with E-state index < -0.39 is 5.60 Å². The molecule has 0 radical (unpaired) electrons. The molecular weight excluding hydrogens is 608 g/mol. The van der Waals surface area contributed by atoms with Crippen LogP contribution in [-0.4, -0.2) is 60.3 Å². The number of hydrogen-bond acceptors (Lipinski definition) is 9. The molecule has 1 aliphatic rings. The molecule has 45 heavy (non-hydrogen) atoms. The minimum atomic E-state index is -0.529. The van der Waals surface area contributed by atoms with Crippen molar-refractivity contribution in [3.8, 4) is 11.3 Å². The number of aromatic nitrogens is 5. The summed E-state index contributed by atoms with van der Waals surface area (Å²) in [5.74, 6) is 1.26. The topological polar surface area (TPSA) is 110 Å². The molecule has 0 bridgehead atoms. The van der Waals surface area contributed by atoms with Crippen LogP contribution in [0.2, 0.25) is 5.02 Å². The standard InChI is InChI=1S/C33H37ClN8O2S/c1-5-21-16-22(26-13-14-27-30(36-20-37-42(26)27)40-45-28-12-7-6-11-25(28)34)17-23-18-35-31(39-29(21)23)38-24-10-8-9-15-41(19-24)32(43)44-33(2,3)4/h6-7,11-14,16-18,20,24H,5,8-10,15,19H2,1-4H3,(H,35,38,39)(H,36,37,40). The monoisotopic (exact) mass is 644 g/mol. The first-order valence-corrected chi connectivity index (χ1v) is 16.4. The van der Waals surface area contributed by atoms with E-state index in [1.165, 1.54) is 11.9 Å². The van der Waals surface area contributed by atoms with Crippen LogP contribution in [0.1, 0.15) is 52.5 Å². The van der Waals surface area contributed by atoms with E-state index in [0.29, 0.717) is 29.9 Å². The number of aryl methyl sites for hydroxylation is 1. The highest BCUT2D eigenvalue weighted by molar-refractivity contribution is 8.00. The Balaban J connectivity index is 1.24. The van der Waals surface area contributed by atoms with Crippen LogP contribution >= 0.6 is 23.5 Å². The van der Waals surface area contributed by atoms with Crippen LogP contribution in [-0.2, 0) is 11.2 Å². The summed E-state index contributed by atoms with van der Waals surface area (Å²) < 4.78 is 10.9. The van der Waals surface area contributed by atoms with Crippen molar-refractivity contribution in [1.82, 2.24) is 29.5 Å². The van der Waals surface area contributed by atoms with Gasteiger partial charge in [-0.1, -0.05) is 30.7 Å². The molecule has 4 heterocycles. The average Bonchev–Trinajstić information content (AvgIpc) is 3.31. The average molecular weight is 645 g/mol. The van der Waals surface area contributed by atoms with Crippen LogP contribution in [0.15, 0.2) is 66.0 Å². The van der Waals surface area contributed by atoms with Gasteiger partial charge in [-0.15, -0.1) is 0 Å². The molecule has 1 aliphatic heterocycles. The number of rotatable bonds is 7. The molecular formula is C33H37ClN8O2S. The number of hydrogen-bond donors (Lipinski definition) is 2. The van der Waals surface area contributed by atoms with Gasteiger partial charge in [0.15, 0.2) is 5.82 Å². The Morgan fingerprint density at radius 3 is 2.78 bits per heavy atom. The quantitative estimate of drug-likeness (QED) is 0.171. The highest BCUT2D eigenvalue weighted by atomic mass is 35.5. The smallest absolute Gasteiger partial charge is 0.410 e. The van der Waals surface area contributed by atoms with E-state index in [0.717, 1.165) is 63.8 Å².